The van der Waals surface area contributed by atoms with Gasteiger partial charge in [0, 0.05) is 10.6 Å². The number of nitrogens with one attached hydrogen (secondary N) is 2. The number of aromatic amines is 1. The highest BCUT2D eigenvalue weighted by atomic mass is 35.5. The molecule has 1 aliphatic carbocycles. The van der Waals surface area contributed by atoms with E-state index < -0.39 is 0 Å². The van der Waals surface area contributed by atoms with Crippen molar-refractivity contribution < 1.29 is 4.79 Å². The molecule has 0 bridgehead atoms. The van der Waals surface area contributed by atoms with Gasteiger partial charge in [-0.15, -0.1) is 0 Å². The summed E-state index contributed by atoms with van der Waals surface area (Å²) in [5.41, 5.74) is 3.11. The molecule has 1 aliphatic rings. The minimum absolute atomic E-state index is 0.0211. The lowest BCUT2D eigenvalue weighted by Crippen LogP contribution is -2.29. The van der Waals surface area contributed by atoms with E-state index in [2.05, 4.69) is 20.7 Å². The molecule has 1 saturated carbocycles. The molecule has 1 aromatic heterocycles. The fourth-order valence-electron chi connectivity index (χ4n) is 2.78. The summed E-state index contributed by atoms with van der Waals surface area (Å²) in [6, 6.07) is 13.0. The van der Waals surface area contributed by atoms with Gasteiger partial charge in [0.2, 0.25) is 0 Å². The molecule has 6 heteroatoms. The second kappa shape index (κ2) is 5.66. The van der Waals surface area contributed by atoms with Crippen molar-refractivity contribution in [3.8, 4) is 0 Å². The summed E-state index contributed by atoms with van der Waals surface area (Å²) in [6.07, 6.45) is 2.27. The Kier molecular flexibility index (Phi) is 3.50. The summed E-state index contributed by atoms with van der Waals surface area (Å²) in [7, 11) is 0. The number of hydrogen-bond acceptors (Lipinski definition) is 3. The Hall–Kier alpha value is -2.40. The van der Waals surface area contributed by atoms with E-state index in [-0.39, 0.29) is 11.9 Å². The van der Waals surface area contributed by atoms with Crippen LogP contribution in [0.5, 0.6) is 0 Å². The van der Waals surface area contributed by atoms with Crippen LogP contribution in [0.3, 0.4) is 0 Å². The summed E-state index contributed by atoms with van der Waals surface area (Å²) in [4.78, 5) is 12.6. The molecule has 0 unspecified atom stereocenters. The lowest BCUT2D eigenvalue weighted by atomic mass is 10.0. The van der Waals surface area contributed by atoms with Crippen molar-refractivity contribution in [2.45, 2.75) is 18.9 Å². The molecule has 3 aromatic rings. The van der Waals surface area contributed by atoms with Gasteiger partial charge in [-0.25, -0.2) is 0 Å². The predicted molar refractivity (Wildman–Crippen MR) is 88.3 cm³/mol. The van der Waals surface area contributed by atoms with Gasteiger partial charge >= 0.3 is 0 Å². The molecule has 1 fully saturated rings. The van der Waals surface area contributed by atoms with Crippen LogP contribution in [0.4, 0.5) is 0 Å². The lowest BCUT2D eigenvalue weighted by Gasteiger charge is -2.19. The molecule has 2 aromatic carbocycles. The summed E-state index contributed by atoms with van der Waals surface area (Å²) >= 11 is 5.95. The molecule has 116 valence electrons. The van der Waals surface area contributed by atoms with Crippen LogP contribution < -0.4 is 5.32 Å². The first kappa shape index (κ1) is 14.2. The first-order chi connectivity index (χ1) is 11.2. The standard InChI is InChI=1S/C17H15ClN4O/c18-13-6-3-11(4-7-13)16(10-1-2-10)19-17(23)12-5-8-14-15(9-12)21-22-20-14/h3-10,16H,1-2H2,(H,19,23)(H,20,21,22)/t16-/m0/s1. The van der Waals surface area contributed by atoms with Crippen LogP contribution in [-0.2, 0) is 0 Å². The number of fused-ring (bicyclic) bond motifs is 1. The average Bonchev–Trinajstić information content (AvgIpc) is 3.30. The van der Waals surface area contributed by atoms with E-state index in [4.69, 9.17) is 11.6 Å². The minimum Gasteiger partial charge on any atom is -0.345 e. The maximum absolute atomic E-state index is 12.6. The van der Waals surface area contributed by atoms with Gasteiger partial charge in [0.05, 0.1) is 6.04 Å². The minimum atomic E-state index is -0.0956. The number of amides is 1. The van der Waals surface area contributed by atoms with Crippen LogP contribution in [0.15, 0.2) is 42.5 Å². The molecule has 0 radical (unpaired) electrons. The summed E-state index contributed by atoms with van der Waals surface area (Å²) < 4.78 is 0. The van der Waals surface area contributed by atoms with Crippen molar-refractivity contribution in [3.63, 3.8) is 0 Å². The van der Waals surface area contributed by atoms with Gasteiger partial charge in [-0.2, -0.15) is 15.4 Å². The number of benzene rings is 2. The fourth-order valence-corrected chi connectivity index (χ4v) is 2.91. The van der Waals surface area contributed by atoms with Crippen molar-refractivity contribution in [2.75, 3.05) is 0 Å². The highest BCUT2D eigenvalue weighted by Gasteiger charge is 2.33. The zero-order valence-corrected chi connectivity index (χ0v) is 13.0. The van der Waals surface area contributed by atoms with E-state index in [0.29, 0.717) is 22.0 Å². The van der Waals surface area contributed by atoms with E-state index in [1.807, 2.05) is 24.3 Å². The maximum atomic E-state index is 12.6. The average molecular weight is 327 g/mol. The van der Waals surface area contributed by atoms with E-state index >= 15 is 0 Å². The number of aromatic nitrogens is 3. The summed E-state index contributed by atoms with van der Waals surface area (Å²) in [6.45, 7) is 0. The Bertz CT molecular complexity index is 854. The van der Waals surface area contributed by atoms with E-state index in [1.54, 1.807) is 18.2 Å². The van der Waals surface area contributed by atoms with Gasteiger partial charge < -0.3 is 5.32 Å². The molecule has 23 heavy (non-hydrogen) atoms. The summed E-state index contributed by atoms with van der Waals surface area (Å²) in [5.74, 6) is 0.401. The van der Waals surface area contributed by atoms with Gasteiger partial charge in [-0.3, -0.25) is 4.79 Å². The number of H-pyrrole nitrogens is 1. The Morgan fingerprint density at radius 3 is 2.61 bits per heavy atom. The molecule has 0 saturated heterocycles. The number of carbonyl (C=O) groups is 1. The third-order valence-corrected chi connectivity index (χ3v) is 4.44. The Labute approximate surface area is 138 Å². The Morgan fingerprint density at radius 2 is 1.87 bits per heavy atom. The van der Waals surface area contributed by atoms with Crippen molar-refractivity contribution in [2.24, 2.45) is 5.92 Å². The van der Waals surface area contributed by atoms with Crippen LogP contribution in [0.1, 0.15) is 34.8 Å². The van der Waals surface area contributed by atoms with E-state index in [1.165, 1.54) is 0 Å². The van der Waals surface area contributed by atoms with Gasteiger partial charge in [0.1, 0.15) is 11.0 Å². The van der Waals surface area contributed by atoms with Crippen molar-refractivity contribution >= 4 is 28.5 Å². The Morgan fingerprint density at radius 1 is 1.13 bits per heavy atom. The van der Waals surface area contributed by atoms with Crippen molar-refractivity contribution in [3.05, 3.63) is 58.6 Å². The molecular weight excluding hydrogens is 312 g/mol. The molecule has 1 atom stereocenters. The lowest BCUT2D eigenvalue weighted by molar-refractivity contribution is 0.0932. The molecule has 0 aliphatic heterocycles. The molecule has 4 rings (SSSR count). The van der Waals surface area contributed by atoms with E-state index in [0.717, 1.165) is 23.9 Å². The highest BCUT2D eigenvalue weighted by molar-refractivity contribution is 6.30. The number of hydrogen-bond donors (Lipinski definition) is 2. The largest absolute Gasteiger partial charge is 0.345 e. The number of halogens is 1. The number of nitrogens with zero attached hydrogens (tertiary/aromatic N) is 2. The van der Waals surface area contributed by atoms with Crippen LogP contribution in [0.25, 0.3) is 11.0 Å². The van der Waals surface area contributed by atoms with Crippen molar-refractivity contribution in [1.82, 2.24) is 20.7 Å². The molecule has 5 nitrogen and oxygen atoms in total. The maximum Gasteiger partial charge on any atom is 0.251 e. The second-order valence-corrected chi connectivity index (χ2v) is 6.30. The van der Waals surface area contributed by atoms with Crippen molar-refractivity contribution in [1.29, 1.82) is 0 Å². The first-order valence-electron chi connectivity index (χ1n) is 7.57. The van der Waals surface area contributed by atoms with Gasteiger partial charge in [0.25, 0.3) is 5.91 Å². The number of carbonyl (C=O) groups excluding carboxylic acids is 1. The SMILES string of the molecule is O=C(N[C@H](c1ccc(Cl)cc1)C1CC1)c1ccc2n[nH]nc2c1. The van der Waals surface area contributed by atoms with Crippen LogP contribution in [0.2, 0.25) is 5.02 Å². The fraction of sp³-hybridized carbons (Fsp3) is 0.235. The predicted octanol–water partition coefficient (Wildman–Crippen LogP) is 3.49. The summed E-state index contributed by atoms with van der Waals surface area (Å²) in [5, 5.41) is 14.4. The van der Waals surface area contributed by atoms with Crippen LogP contribution in [0, 0.1) is 5.92 Å². The molecule has 1 amide bonds. The molecule has 0 spiro atoms. The Balaban J connectivity index is 1.58. The third-order valence-electron chi connectivity index (χ3n) is 4.19. The molecule has 1 heterocycles. The van der Waals surface area contributed by atoms with Crippen LogP contribution >= 0.6 is 11.6 Å². The molecule has 2 N–H and O–H groups in total. The van der Waals surface area contributed by atoms with E-state index in [9.17, 15) is 4.79 Å². The molecular formula is C17H15ClN4O. The highest BCUT2D eigenvalue weighted by Crippen LogP contribution is 2.41. The van der Waals surface area contributed by atoms with Gasteiger partial charge in [0.15, 0.2) is 0 Å². The zero-order chi connectivity index (χ0) is 15.8. The zero-order valence-electron chi connectivity index (χ0n) is 12.3. The smallest absolute Gasteiger partial charge is 0.251 e. The quantitative estimate of drug-likeness (QED) is 0.771. The monoisotopic (exact) mass is 326 g/mol. The normalized spacial score (nSPS) is 15.5. The van der Waals surface area contributed by atoms with Crippen LogP contribution in [-0.4, -0.2) is 21.3 Å². The van der Waals surface area contributed by atoms with Gasteiger partial charge in [-0.1, -0.05) is 23.7 Å². The second-order valence-electron chi connectivity index (χ2n) is 5.87. The van der Waals surface area contributed by atoms with Gasteiger partial charge in [-0.05, 0) is 54.7 Å². The topological polar surface area (TPSA) is 70.7 Å². The third kappa shape index (κ3) is 2.92. The first-order valence-corrected chi connectivity index (χ1v) is 7.95. The number of rotatable bonds is 4.